The molecule has 14 aromatic rings. The number of benzene rings is 9. The molecule has 5 heterocycles. The van der Waals surface area contributed by atoms with Gasteiger partial charge in [-0.1, -0.05) is 133 Å². The van der Waals surface area contributed by atoms with Gasteiger partial charge >= 0.3 is 0 Å². The number of hydrogen-bond donors (Lipinski definition) is 0. The summed E-state index contributed by atoms with van der Waals surface area (Å²) in [6, 6.07) is 70.6. The second-order valence-electron chi connectivity index (χ2n) is 16.4. The second-order valence-corrected chi connectivity index (χ2v) is 16.4. The van der Waals surface area contributed by atoms with Gasteiger partial charge < -0.3 is 13.4 Å². The summed E-state index contributed by atoms with van der Waals surface area (Å²) in [7, 11) is 0. The lowest BCUT2D eigenvalue weighted by atomic mass is 10.0. The SMILES string of the molecule is c1ccc(-c2cccc(-c3nc(-c4ccccc4)nc(-c4cc(-c5ccccc5)cc(-n5c6ccc7oc8ccc9c%10ccccc%10n%10c%11cccc5c%11c6c7c8c9%10)c4)n3)c2)cc1. The predicted molar refractivity (Wildman–Crippen MR) is 257 cm³/mol. The molecule has 0 radical (unpaired) electrons. The summed E-state index contributed by atoms with van der Waals surface area (Å²) < 4.78 is 11.6. The van der Waals surface area contributed by atoms with E-state index in [4.69, 9.17) is 19.4 Å². The van der Waals surface area contributed by atoms with Crippen LogP contribution in [0.15, 0.2) is 205 Å². The molecule has 0 saturated heterocycles. The maximum atomic E-state index is 6.69. The Kier molecular flexibility index (Phi) is 7.02. The van der Waals surface area contributed by atoms with Crippen LogP contribution in [0.1, 0.15) is 0 Å². The summed E-state index contributed by atoms with van der Waals surface area (Å²) in [5.41, 5.74) is 15.7. The van der Waals surface area contributed by atoms with Crippen LogP contribution in [0.2, 0.25) is 0 Å². The Labute approximate surface area is 360 Å². The molecule has 6 nitrogen and oxygen atoms in total. The van der Waals surface area contributed by atoms with Crippen LogP contribution in [0.5, 0.6) is 0 Å². The van der Waals surface area contributed by atoms with Crippen molar-refractivity contribution in [2.45, 2.75) is 0 Å². The average Bonchev–Trinajstić information content (AvgIpc) is 3.99. The fraction of sp³-hybridized carbons (Fsp3) is 0. The van der Waals surface area contributed by atoms with E-state index in [1.165, 1.54) is 32.6 Å². The lowest BCUT2D eigenvalue weighted by Gasteiger charge is -2.15. The van der Waals surface area contributed by atoms with Gasteiger partial charge in [-0.25, -0.2) is 15.0 Å². The minimum absolute atomic E-state index is 0.597. The zero-order valence-electron chi connectivity index (χ0n) is 33.7. The van der Waals surface area contributed by atoms with E-state index < -0.39 is 0 Å². The van der Waals surface area contributed by atoms with Crippen LogP contribution in [0.4, 0.5) is 0 Å². The Balaban J connectivity index is 1.07. The van der Waals surface area contributed by atoms with E-state index in [1.807, 2.05) is 24.3 Å². The van der Waals surface area contributed by atoms with E-state index in [2.05, 4.69) is 185 Å². The standard InChI is InChI=1S/C57H33N5O/c1-4-14-34(15-5-1)37-20-12-21-38(30-37)56-58-55(36-18-8-3-9-19-36)59-57(60-56)40-31-39(35-16-6-2-7-17-35)32-41(33-40)61-45-24-13-25-46-50(45)51-47(61)27-29-48-52(51)53-49(63-48)28-26-43-42-22-10-11-23-44(42)62(46)54(43)53/h1-33H. The Morgan fingerprint density at radius 2 is 0.857 bits per heavy atom. The zero-order chi connectivity index (χ0) is 41.2. The van der Waals surface area contributed by atoms with E-state index >= 15 is 0 Å². The van der Waals surface area contributed by atoms with Crippen LogP contribution in [0.3, 0.4) is 0 Å². The first-order valence-electron chi connectivity index (χ1n) is 21.3. The lowest BCUT2D eigenvalue weighted by Crippen LogP contribution is -2.02. The molecule has 0 amide bonds. The predicted octanol–water partition coefficient (Wildman–Crippen LogP) is 14.6. The summed E-state index contributed by atoms with van der Waals surface area (Å²) in [5, 5.41) is 7.15. The van der Waals surface area contributed by atoms with Gasteiger partial charge in [0, 0.05) is 49.3 Å². The van der Waals surface area contributed by atoms with E-state index in [1.54, 1.807) is 0 Å². The molecule has 0 unspecified atom stereocenters. The molecule has 0 aliphatic carbocycles. The monoisotopic (exact) mass is 803 g/mol. The number of rotatable bonds is 6. The van der Waals surface area contributed by atoms with Crippen molar-refractivity contribution in [2.75, 3.05) is 0 Å². The van der Waals surface area contributed by atoms with Crippen molar-refractivity contribution in [1.82, 2.24) is 23.9 Å². The third-order valence-corrected chi connectivity index (χ3v) is 12.8. The van der Waals surface area contributed by atoms with Gasteiger partial charge in [0.2, 0.25) is 0 Å². The van der Waals surface area contributed by atoms with Gasteiger partial charge in [0.1, 0.15) is 11.2 Å². The molecule has 0 bridgehead atoms. The quantitative estimate of drug-likeness (QED) is 0.168. The summed E-state index contributed by atoms with van der Waals surface area (Å²) in [6.07, 6.45) is 0. The van der Waals surface area contributed by atoms with Crippen molar-refractivity contribution >= 4 is 71.1 Å². The third kappa shape index (κ3) is 4.97. The Morgan fingerprint density at radius 1 is 0.317 bits per heavy atom. The molecule has 0 fully saturated rings. The van der Waals surface area contributed by atoms with Crippen LogP contribution in [-0.4, -0.2) is 23.9 Å². The van der Waals surface area contributed by atoms with Gasteiger partial charge in [0.15, 0.2) is 17.5 Å². The average molecular weight is 804 g/mol. The van der Waals surface area contributed by atoms with Gasteiger partial charge in [-0.05, 0) is 89.0 Å². The number of furan rings is 1. The first-order chi connectivity index (χ1) is 31.2. The fourth-order valence-corrected chi connectivity index (χ4v) is 10.1. The van der Waals surface area contributed by atoms with Crippen molar-refractivity contribution in [1.29, 1.82) is 0 Å². The van der Waals surface area contributed by atoms with Crippen molar-refractivity contribution in [3.05, 3.63) is 200 Å². The first kappa shape index (κ1) is 34.1. The van der Waals surface area contributed by atoms with E-state index in [9.17, 15) is 0 Å². The molecule has 0 aliphatic rings. The molecular weight excluding hydrogens is 771 g/mol. The zero-order valence-corrected chi connectivity index (χ0v) is 33.7. The highest BCUT2D eigenvalue weighted by atomic mass is 16.3. The van der Waals surface area contributed by atoms with Crippen LogP contribution < -0.4 is 0 Å². The van der Waals surface area contributed by atoms with Crippen molar-refractivity contribution < 1.29 is 4.42 Å². The largest absolute Gasteiger partial charge is 0.456 e. The maximum absolute atomic E-state index is 6.69. The fourth-order valence-electron chi connectivity index (χ4n) is 10.1. The number of fused-ring (bicyclic) bond motifs is 4. The van der Waals surface area contributed by atoms with Crippen molar-refractivity contribution in [3.8, 4) is 62.1 Å². The van der Waals surface area contributed by atoms with Crippen LogP contribution in [-0.2, 0) is 0 Å². The molecule has 0 atom stereocenters. The minimum Gasteiger partial charge on any atom is -0.456 e. The molecule has 292 valence electrons. The van der Waals surface area contributed by atoms with Crippen LogP contribution in [0.25, 0.3) is 133 Å². The van der Waals surface area contributed by atoms with Gasteiger partial charge in [-0.3, -0.25) is 0 Å². The van der Waals surface area contributed by atoms with Gasteiger partial charge in [0.25, 0.3) is 0 Å². The summed E-state index contributed by atoms with van der Waals surface area (Å²) in [4.78, 5) is 15.7. The highest BCUT2D eigenvalue weighted by Gasteiger charge is 2.27. The molecule has 6 heteroatoms. The number of aromatic nitrogens is 5. The molecule has 0 saturated carbocycles. The van der Waals surface area contributed by atoms with Gasteiger partial charge in [-0.15, -0.1) is 0 Å². The third-order valence-electron chi connectivity index (χ3n) is 12.8. The first-order valence-corrected chi connectivity index (χ1v) is 21.3. The topological polar surface area (TPSA) is 61.2 Å². The van der Waals surface area contributed by atoms with Gasteiger partial charge in [0.05, 0.1) is 33.0 Å². The molecule has 63 heavy (non-hydrogen) atoms. The summed E-state index contributed by atoms with van der Waals surface area (Å²) in [5.74, 6) is 1.83. The number of para-hydroxylation sites is 1. The number of hydrogen-bond acceptors (Lipinski definition) is 4. The van der Waals surface area contributed by atoms with Crippen LogP contribution >= 0.6 is 0 Å². The van der Waals surface area contributed by atoms with E-state index in [0.717, 1.165) is 83.1 Å². The van der Waals surface area contributed by atoms with E-state index in [0.29, 0.717) is 17.5 Å². The summed E-state index contributed by atoms with van der Waals surface area (Å²) in [6.45, 7) is 0. The molecule has 14 rings (SSSR count). The molecule has 5 aromatic heterocycles. The normalized spacial score (nSPS) is 12.1. The Hall–Kier alpha value is -8.61. The molecule has 0 spiro atoms. The van der Waals surface area contributed by atoms with Crippen molar-refractivity contribution in [3.63, 3.8) is 0 Å². The molecular formula is C57H33N5O. The Bertz CT molecular complexity index is 4070. The maximum Gasteiger partial charge on any atom is 0.164 e. The summed E-state index contributed by atoms with van der Waals surface area (Å²) >= 11 is 0. The highest BCUT2D eigenvalue weighted by molar-refractivity contribution is 6.37. The second kappa shape index (κ2) is 12.9. The molecule has 0 N–H and O–H groups in total. The molecule has 9 aromatic carbocycles. The lowest BCUT2D eigenvalue weighted by molar-refractivity contribution is 0.669. The van der Waals surface area contributed by atoms with Crippen molar-refractivity contribution in [2.24, 2.45) is 0 Å². The van der Waals surface area contributed by atoms with E-state index in [-0.39, 0.29) is 0 Å². The van der Waals surface area contributed by atoms with Crippen LogP contribution in [0, 0.1) is 0 Å². The number of nitrogens with zero attached hydrogens (tertiary/aromatic N) is 5. The highest BCUT2D eigenvalue weighted by Crippen LogP contribution is 2.48. The van der Waals surface area contributed by atoms with Gasteiger partial charge in [-0.2, -0.15) is 0 Å². The smallest absolute Gasteiger partial charge is 0.164 e. The minimum atomic E-state index is 0.597. The Morgan fingerprint density at radius 3 is 1.65 bits per heavy atom. The molecule has 0 aliphatic heterocycles.